The predicted molar refractivity (Wildman–Crippen MR) is 72.7 cm³/mol. The van der Waals surface area contributed by atoms with Crippen LogP contribution in [0.3, 0.4) is 0 Å². The number of benzene rings is 1. The predicted octanol–water partition coefficient (Wildman–Crippen LogP) is 1.96. The Morgan fingerprint density at radius 3 is 3.00 bits per heavy atom. The van der Waals surface area contributed by atoms with Crippen molar-refractivity contribution in [1.29, 1.82) is 0 Å². The van der Waals surface area contributed by atoms with Crippen LogP contribution >= 0.6 is 0 Å². The van der Waals surface area contributed by atoms with Gasteiger partial charge in [0.25, 0.3) is 0 Å². The summed E-state index contributed by atoms with van der Waals surface area (Å²) in [5.41, 5.74) is 2.43. The normalized spacial score (nSPS) is 27.1. The van der Waals surface area contributed by atoms with E-state index in [4.69, 9.17) is 0 Å². The number of para-hydroxylation sites is 1. The second-order valence-electron chi connectivity index (χ2n) is 5.54. The van der Waals surface area contributed by atoms with Crippen molar-refractivity contribution in [3.05, 3.63) is 29.8 Å². The van der Waals surface area contributed by atoms with Crippen molar-refractivity contribution in [2.45, 2.75) is 32.2 Å². The topological polar surface area (TPSA) is 32.3 Å². The Morgan fingerprint density at radius 2 is 2.22 bits per heavy atom. The summed E-state index contributed by atoms with van der Waals surface area (Å²) < 4.78 is 0. The minimum atomic E-state index is 0.0309. The van der Waals surface area contributed by atoms with Gasteiger partial charge in [0.15, 0.2) is 0 Å². The molecule has 3 heteroatoms. The van der Waals surface area contributed by atoms with E-state index < -0.39 is 0 Å². The number of hydrogen-bond acceptors (Lipinski definition) is 2. The van der Waals surface area contributed by atoms with Crippen LogP contribution in [0.2, 0.25) is 0 Å². The molecule has 1 unspecified atom stereocenters. The van der Waals surface area contributed by atoms with Crippen molar-refractivity contribution in [3.63, 3.8) is 0 Å². The highest BCUT2D eigenvalue weighted by Gasteiger charge is 2.31. The van der Waals surface area contributed by atoms with Crippen LogP contribution < -0.4 is 10.2 Å². The standard InChI is InChI=1S/C15H20N2O/c1-11-9-12-5-2-3-7-14(12)17(10-11)15(18)13-6-4-8-16-13/h2-3,5,7,11,13,16H,4,6,8-10H2,1H3/t11?,13-/m1/s1. The molecule has 2 aliphatic heterocycles. The summed E-state index contributed by atoms with van der Waals surface area (Å²) in [5.74, 6) is 0.803. The van der Waals surface area contributed by atoms with Crippen LogP contribution in [-0.4, -0.2) is 25.0 Å². The lowest BCUT2D eigenvalue weighted by Gasteiger charge is -2.34. The summed E-state index contributed by atoms with van der Waals surface area (Å²) in [5, 5.41) is 3.31. The lowest BCUT2D eigenvalue weighted by atomic mass is 9.93. The van der Waals surface area contributed by atoms with Gasteiger partial charge in [-0.3, -0.25) is 4.79 Å². The highest BCUT2D eigenvalue weighted by atomic mass is 16.2. The fraction of sp³-hybridized carbons (Fsp3) is 0.533. The first-order chi connectivity index (χ1) is 8.75. The first kappa shape index (κ1) is 11.7. The van der Waals surface area contributed by atoms with Gasteiger partial charge in [0.1, 0.15) is 0 Å². The van der Waals surface area contributed by atoms with Crippen LogP contribution in [-0.2, 0) is 11.2 Å². The SMILES string of the molecule is CC1Cc2ccccc2N(C(=O)[C@H]2CCCN2)C1. The van der Waals surface area contributed by atoms with Crippen molar-refractivity contribution in [1.82, 2.24) is 5.32 Å². The monoisotopic (exact) mass is 244 g/mol. The average Bonchev–Trinajstić information content (AvgIpc) is 2.90. The van der Waals surface area contributed by atoms with Crippen LogP contribution in [0.5, 0.6) is 0 Å². The van der Waals surface area contributed by atoms with E-state index in [1.807, 2.05) is 11.0 Å². The summed E-state index contributed by atoms with van der Waals surface area (Å²) in [4.78, 5) is 14.6. The van der Waals surface area contributed by atoms with E-state index >= 15 is 0 Å². The van der Waals surface area contributed by atoms with E-state index in [1.54, 1.807) is 0 Å². The lowest BCUT2D eigenvalue weighted by molar-refractivity contribution is -0.120. The van der Waals surface area contributed by atoms with Gasteiger partial charge in [-0.1, -0.05) is 25.1 Å². The van der Waals surface area contributed by atoms with Crippen molar-refractivity contribution < 1.29 is 4.79 Å². The van der Waals surface area contributed by atoms with Gasteiger partial charge in [0, 0.05) is 12.2 Å². The number of rotatable bonds is 1. The Morgan fingerprint density at radius 1 is 1.39 bits per heavy atom. The molecule has 1 fully saturated rings. The molecular formula is C15H20N2O. The number of hydrogen-bond donors (Lipinski definition) is 1. The number of fused-ring (bicyclic) bond motifs is 1. The second kappa shape index (κ2) is 4.73. The van der Waals surface area contributed by atoms with Gasteiger partial charge in [0.05, 0.1) is 6.04 Å². The van der Waals surface area contributed by atoms with Gasteiger partial charge in [-0.05, 0) is 43.4 Å². The molecule has 3 nitrogen and oxygen atoms in total. The average molecular weight is 244 g/mol. The molecule has 1 aromatic carbocycles. The zero-order chi connectivity index (χ0) is 12.5. The lowest BCUT2D eigenvalue weighted by Crippen LogP contribution is -2.47. The van der Waals surface area contributed by atoms with E-state index in [0.717, 1.165) is 38.0 Å². The van der Waals surface area contributed by atoms with E-state index in [2.05, 4.69) is 30.4 Å². The molecule has 1 saturated heterocycles. The summed E-state index contributed by atoms with van der Waals surface area (Å²) in [6, 6.07) is 8.34. The zero-order valence-electron chi connectivity index (χ0n) is 10.9. The summed E-state index contributed by atoms with van der Waals surface area (Å²) >= 11 is 0. The zero-order valence-corrected chi connectivity index (χ0v) is 10.9. The molecule has 3 rings (SSSR count). The van der Waals surface area contributed by atoms with Crippen LogP contribution in [0, 0.1) is 5.92 Å². The molecule has 0 aliphatic carbocycles. The minimum absolute atomic E-state index is 0.0309. The molecule has 1 N–H and O–H groups in total. The Kier molecular flexibility index (Phi) is 3.08. The van der Waals surface area contributed by atoms with Gasteiger partial charge in [-0.2, -0.15) is 0 Å². The number of nitrogens with one attached hydrogen (secondary N) is 1. The number of anilines is 1. The van der Waals surface area contributed by atoms with Gasteiger partial charge < -0.3 is 10.2 Å². The highest BCUT2D eigenvalue weighted by Crippen LogP contribution is 2.30. The van der Waals surface area contributed by atoms with Crippen molar-refractivity contribution >= 4 is 11.6 Å². The molecule has 0 aromatic heterocycles. The number of carbonyl (C=O) groups is 1. The number of amides is 1. The fourth-order valence-electron chi connectivity index (χ4n) is 3.09. The molecule has 18 heavy (non-hydrogen) atoms. The van der Waals surface area contributed by atoms with E-state index in [9.17, 15) is 4.79 Å². The molecule has 2 atom stereocenters. The first-order valence-electron chi connectivity index (χ1n) is 6.88. The van der Waals surface area contributed by atoms with Gasteiger partial charge in [-0.25, -0.2) is 0 Å². The van der Waals surface area contributed by atoms with Crippen molar-refractivity contribution in [2.24, 2.45) is 5.92 Å². The fourth-order valence-corrected chi connectivity index (χ4v) is 3.09. The maximum Gasteiger partial charge on any atom is 0.244 e. The molecular weight excluding hydrogens is 224 g/mol. The van der Waals surface area contributed by atoms with Crippen LogP contribution in [0.25, 0.3) is 0 Å². The molecule has 2 heterocycles. The molecule has 0 saturated carbocycles. The molecule has 96 valence electrons. The van der Waals surface area contributed by atoms with Crippen LogP contribution in [0.15, 0.2) is 24.3 Å². The van der Waals surface area contributed by atoms with E-state index in [0.29, 0.717) is 5.92 Å². The first-order valence-corrected chi connectivity index (χ1v) is 6.88. The van der Waals surface area contributed by atoms with E-state index in [-0.39, 0.29) is 11.9 Å². The van der Waals surface area contributed by atoms with Crippen molar-refractivity contribution in [3.8, 4) is 0 Å². The maximum atomic E-state index is 12.6. The summed E-state index contributed by atoms with van der Waals surface area (Å²) in [7, 11) is 0. The Bertz CT molecular complexity index is 452. The van der Waals surface area contributed by atoms with Gasteiger partial charge in [0.2, 0.25) is 5.91 Å². The van der Waals surface area contributed by atoms with Crippen LogP contribution in [0.4, 0.5) is 5.69 Å². The maximum absolute atomic E-state index is 12.6. The molecule has 0 bridgehead atoms. The number of nitrogens with zero attached hydrogens (tertiary/aromatic N) is 1. The summed E-state index contributed by atoms with van der Waals surface area (Å²) in [6.45, 7) is 4.05. The highest BCUT2D eigenvalue weighted by molar-refractivity contribution is 5.98. The largest absolute Gasteiger partial charge is 0.311 e. The summed E-state index contributed by atoms with van der Waals surface area (Å²) in [6.07, 6.45) is 3.17. The van der Waals surface area contributed by atoms with Gasteiger partial charge in [-0.15, -0.1) is 0 Å². The third kappa shape index (κ3) is 2.03. The molecule has 2 aliphatic rings. The smallest absolute Gasteiger partial charge is 0.244 e. The van der Waals surface area contributed by atoms with Crippen molar-refractivity contribution in [2.75, 3.05) is 18.0 Å². The van der Waals surface area contributed by atoms with Crippen LogP contribution in [0.1, 0.15) is 25.3 Å². The third-order valence-corrected chi connectivity index (χ3v) is 3.97. The Labute approximate surface area is 108 Å². The van der Waals surface area contributed by atoms with Gasteiger partial charge >= 0.3 is 0 Å². The molecule has 1 aromatic rings. The Balaban J connectivity index is 1.89. The molecule has 0 spiro atoms. The molecule has 1 amide bonds. The third-order valence-electron chi connectivity index (χ3n) is 3.97. The number of carbonyl (C=O) groups excluding carboxylic acids is 1. The minimum Gasteiger partial charge on any atom is -0.311 e. The second-order valence-corrected chi connectivity index (χ2v) is 5.54. The quantitative estimate of drug-likeness (QED) is 0.819. The molecule has 0 radical (unpaired) electrons. The van der Waals surface area contributed by atoms with E-state index in [1.165, 1.54) is 5.56 Å². The Hall–Kier alpha value is -1.35.